The molecule has 124 heavy (non-hydrogen) atoms. The van der Waals surface area contributed by atoms with Gasteiger partial charge in [0, 0.05) is 144 Å². The summed E-state index contributed by atoms with van der Waals surface area (Å²) in [4.78, 5) is 152. The van der Waals surface area contributed by atoms with Crippen LogP contribution in [-0.2, 0) is 104 Å². The predicted octanol–water partition coefficient (Wildman–Crippen LogP) is -0.0522. The predicted molar refractivity (Wildman–Crippen MR) is 444 cm³/mol. The number of carbonyl (C=O) groups excluding carboxylic acids is 11. The van der Waals surface area contributed by atoms with Crippen LogP contribution >= 0.6 is 7.60 Å². The molecule has 18 atom stereocenters. The van der Waals surface area contributed by atoms with Crippen molar-refractivity contribution in [2.45, 2.75) is 349 Å². The first-order chi connectivity index (χ1) is 59.2. The zero-order valence-corrected chi connectivity index (χ0v) is 73.9. The lowest BCUT2D eigenvalue weighted by Crippen LogP contribution is -2.64. The molecule has 0 aromatic rings. The van der Waals surface area contributed by atoms with E-state index in [0.29, 0.717) is 116 Å². The van der Waals surface area contributed by atoms with E-state index in [9.17, 15) is 113 Å². The topological polar surface area (TPSA) is 595 Å². The van der Waals surface area contributed by atoms with Gasteiger partial charge < -0.3 is 140 Å². The molecule has 4 aliphatic heterocycles. The van der Waals surface area contributed by atoms with E-state index in [1.54, 1.807) is 0 Å². The summed E-state index contributed by atoms with van der Waals surface area (Å²) in [7, 11) is -3.76. The summed E-state index contributed by atoms with van der Waals surface area (Å²) in [6.45, 7) is 2.85. The molecular formula is C83H146N7O33P. The van der Waals surface area contributed by atoms with Crippen molar-refractivity contribution in [2.75, 3.05) is 112 Å². The van der Waals surface area contributed by atoms with Gasteiger partial charge in [-0.05, 0) is 89.9 Å². The highest BCUT2D eigenvalue weighted by Crippen LogP contribution is 2.38. The Balaban J connectivity index is 1.31. The van der Waals surface area contributed by atoms with Crippen LogP contribution in [0.15, 0.2) is 0 Å². The van der Waals surface area contributed by atoms with Gasteiger partial charge in [-0.1, -0.05) is 51.4 Å². The van der Waals surface area contributed by atoms with Crippen molar-refractivity contribution in [3.05, 3.63) is 0 Å². The van der Waals surface area contributed by atoms with Gasteiger partial charge in [-0.2, -0.15) is 0 Å². The fourth-order valence-electron chi connectivity index (χ4n) is 14.8. The number of carbonyl (C=O) groups is 11. The number of rotatable bonds is 70. The summed E-state index contributed by atoms with van der Waals surface area (Å²) in [5.41, 5.74) is -1.40. The van der Waals surface area contributed by atoms with E-state index in [1.165, 1.54) is 25.7 Å². The Labute approximate surface area is 727 Å². The molecule has 4 heterocycles. The van der Waals surface area contributed by atoms with Crippen LogP contribution < -0.4 is 31.9 Å². The maximum Gasteiger partial charge on any atom is 0.325 e. The number of aliphatic hydroxyl groups excluding tert-OH is 10. The van der Waals surface area contributed by atoms with Gasteiger partial charge in [0.1, 0.15) is 102 Å². The Morgan fingerprint density at radius 1 is 0.395 bits per heavy atom. The van der Waals surface area contributed by atoms with Crippen LogP contribution in [0, 0.1) is 0 Å². The number of β-amino-alcohol motifs (C(OH)–C–C–N with tert-alkyl or cyclic N) is 1. The second-order valence-electron chi connectivity index (χ2n) is 32.9. The van der Waals surface area contributed by atoms with Crippen LogP contribution in [0.4, 0.5) is 0 Å². The summed E-state index contributed by atoms with van der Waals surface area (Å²) in [6.07, 6.45) is -1.71. The lowest BCUT2D eigenvalue weighted by molar-refractivity contribution is -0.270. The average Bonchev–Trinajstić information content (AvgIpc) is 1.01. The molecule has 0 saturated carbocycles. The molecule has 0 aromatic heterocycles. The number of Topliss-reactive ketones (excluding diaryl/α,β-unsaturated/α-hetero) is 4. The summed E-state index contributed by atoms with van der Waals surface area (Å²) >= 11 is 0. The normalized spacial score (nSPS) is 25.5. The molecule has 17 N–H and O–H groups in total. The van der Waals surface area contributed by atoms with Gasteiger partial charge in [0.05, 0.1) is 78.2 Å². The molecule has 716 valence electrons. The zero-order valence-electron chi connectivity index (χ0n) is 73.0. The van der Waals surface area contributed by atoms with Crippen molar-refractivity contribution < 1.29 is 160 Å². The van der Waals surface area contributed by atoms with Gasteiger partial charge in [-0.3, -0.25) is 57.3 Å². The molecule has 4 fully saturated rings. The molecule has 0 radical (unpaired) electrons. The number of aliphatic hydroxyl groups is 10. The third kappa shape index (κ3) is 45.6. The van der Waals surface area contributed by atoms with E-state index in [4.69, 9.17) is 47.2 Å². The number of unbranched alkanes of at least 4 members (excludes halogenated alkanes) is 14. The molecule has 4 rings (SSSR count). The molecule has 4 saturated heterocycles. The highest BCUT2D eigenvalue weighted by Gasteiger charge is 2.48. The molecular weight excluding hydrogens is 1650 g/mol. The zero-order chi connectivity index (χ0) is 91.4. The van der Waals surface area contributed by atoms with Crippen molar-refractivity contribution in [1.29, 1.82) is 0 Å². The van der Waals surface area contributed by atoms with Gasteiger partial charge in [0.2, 0.25) is 41.4 Å². The first-order valence-corrected chi connectivity index (χ1v) is 46.3. The summed E-state index contributed by atoms with van der Waals surface area (Å²) in [5, 5.41) is 118. The van der Waals surface area contributed by atoms with Crippen molar-refractivity contribution in [2.24, 2.45) is 0 Å². The monoisotopic (exact) mass is 1800 g/mol. The number of ketones is 4. The number of hydrogen-bond acceptors (Lipinski definition) is 32. The second-order valence-corrected chi connectivity index (χ2v) is 34.7. The van der Waals surface area contributed by atoms with Crippen LogP contribution in [-0.4, -0.2) is 347 Å². The molecule has 0 aromatic carbocycles. The first kappa shape index (κ1) is 111. The van der Waals surface area contributed by atoms with E-state index in [2.05, 4.69) is 31.9 Å². The fraction of sp³-hybridized carbons (Fsp3) is 0.867. The van der Waals surface area contributed by atoms with Crippen LogP contribution in [0.1, 0.15) is 239 Å². The third-order valence-electron chi connectivity index (χ3n) is 21.7. The number of amides is 7. The van der Waals surface area contributed by atoms with Crippen LogP contribution in [0.25, 0.3) is 0 Å². The number of hydrogen-bond donors (Lipinski definition) is 17. The minimum Gasteiger partial charge on any atom is -0.394 e. The van der Waals surface area contributed by atoms with Gasteiger partial charge in [0.15, 0.2) is 18.9 Å². The largest absolute Gasteiger partial charge is 0.394 e. The van der Waals surface area contributed by atoms with Gasteiger partial charge >= 0.3 is 7.60 Å². The Morgan fingerprint density at radius 3 is 1.08 bits per heavy atom. The van der Waals surface area contributed by atoms with E-state index in [-0.39, 0.29) is 203 Å². The molecule has 0 spiro atoms. The van der Waals surface area contributed by atoms with E-state index < -0.39 is 155 Å². The lowest BCUT2D eigenvalue weighted by atomic mass is 9.97. The van der Waals surface area contributed by atoms with Crippen LogP contribution in [0.3, 0.4) is 0 Å². The second kappa shape index (κ2) is 62.6. The number of nitrogens with one attached hydrogen (secondary N) is 6. The molecule has 16 unspecified atom stereocenters. The van der Waals surface area contributed by atoms with Crippen LogP contribution in [0.2, 0.25) is 0 Å². The Hall–Kier alpha value is -5.64. The van der Waals surface area contributed by atoms with Gasteiger partial charge in [-0.15, -0.1) is 0 Å². The standard InChI is InChI=1S/C83H146N7O33P/c1-55(94)86-71-77(109)74(106)64(48-91)121-80(71)117-40-22-19-30-59(97)26-13-11-15-28-61(99)35-43-114-52-83(89-69(104)33-17-9-7-5-6-8-10-18-34-70(105)90-47-63(101)46-58(90)51-120-124(4,112)113,53-115-44-36-62(100)29-16-12-14-27-60(98)31-20-23-41-118-81-72(87-56(2)95)78(110)75(107)65(49-92)122-81)54-116-45-37-68(103)85-39-25-38-84-67(102)32-21-24-42-119-82-73(88-57(3)96)79(111)76(108)66(50-93)123-82/h58,63-66,71-82,91-93,101,106-111H,5-54H2,1-4H3,(H,84,102)(H,85,103)(H,86,94)(H,87,95)(H,88,96)(H,89,104)(H,112,113)/t58-,63+,64?,65?,66?,71?,72?,73?,74?,75?,76?,77?,78?,79?,80?,81?,82?,83?/m0/s1. The molecule has 7 amide bonds. The molecule has 0 aliphatic carbocycles. The Bertz CT molecular complexity index is 2940. The van der Waals surface area contributed by atoms with Crippen molar-refractivity contribution in [3.63, 3.8) is 0 Å². The Morgan fingerprint density at radius 2 is 0.710 bits per heavy atom. The average molecular weight is 1800 g/mol. The first-order valence-electron chi connectivity index (χ1n) is 44.3. The maximum absolute atomic E-state index is 14.1. The molecule has 0 bridgehead atoms. The maximum atomic E-state index is 14.1. The Kier molecular flexibility index (Phi) is 55.9. The highest BCUT2D eigenvalue weighted by atomic mass is 31.2. The van der Waals surface area contributed by atoms with E-state index in [1.807, 2.05) is 0 Å². The summed E-state index contributed by atoms with van der Waals surface area (Å²) in [5.74, 6) is -2.76. The number of nitrogens with zero attached hydrogens (tertiary/aromatic N) is 1. The summed E-state index contributed by atoms with van der Waals surface area (Å²) in [6, 6.07) is -3.76. The van der Waals surface area contributed by atoms with E-state index in [0.717, 1.165) is 38.8 Å². The van der Waals surface area contributed by atoms with E-state index >= 15 is 0 Å². The van der Waals surface area contributed by atoms with Crippen molar-refractivity contribution in [1.82, 2.24) is 36.8 Å². The van der Waals surface area contributed by atoms with Gasteiger partial charge in [-0.25, -0.2) is 0 Å². The molecule has 4 aliphatic rings. The van der Waals surface area contributed by atoms with Crippen molar-refractivity contribution in [3.8, 4) is 0 Å². The molecule has 41 heteroatoms. The van der Waals surface area contributed by atoms with Gasteiger partial charge in [0.25, 0.3) is 0 Å². The quantitative estimate of drug-likeness (QED) is 0.0280. The molecule has 40 nitrogen and oxygen atoms in total. The lowest BCUT2D eigenvalue weighted by Gasteiger charge is -2.42. The number of likely N-dealkylation sites (tertiary alicyclic amines) is 1. The number of ether oxygens (including phenoxy) is 9. The smallest absolute Gasteiger partial charge is 0.325 e. The fourth-order valence-corrected chi connectivity index (χ4v) is 15.3. The highest BCUT2D eigenvalue weighted by molar-refractivity contribution is 7.51. The minimum absolute atomic E-state index is 0.0127. The van der Waals surface area contributed by atoms with Crippen molar-refractivity contribution >= 4 is 72.1 Å². The third-order valence-corrected chi connectivity index (χ3v) is 22.4. The van der Waals surface area contributed by atoms with Crippen LogP contribution in [0.5, 0.6) is 0 Å². The minimum atomic E-state index is -3.76. The summed E-state index contributed by atoms with van der Waals surface area (Å²) < 4.78 is 69.3. The SMILES string of the molecule is CC(=O)NC1C(OCCCCC(=O)CCCCCC(=O)CCOCC(COCCC(=O)CCCCCC(=O)CCCCOC2OC(CO)C(O)C(O)C2NC(C)=O)(COCCC(=O)NCCCNC(=O)CCCCOC2OC(CO)C(O)C(O)C2NC(C)=O)NC(=O)CCCCCCCCCCC(=O)N2C[C@H](O)C[C@H]2COP(C)(=O)O)OC(CO)C(O)C1O.